The highest BCUT2D eigenvalue weighted by molar-refractivity contribution is 5.76. The van der Waals surface area contributed by atoms with Crippen LogP contribution in [0.25, 0.3) is 0 Å². The minimum Gasteiger partial charge on any atom is -0.378 e. The summed E-state index contributed by atoms with van der Waals surface area (Å²) in [5.41, 5.74) is 5.55. The summed E-state index contributed by atoms with van der Waals surface area (Å²) in [5.74, 6) is 0.874. The van der Waals surface area contributed by atoms with Crippen molar-refractivity contribution in [3.8, 4) is 0 Å². The zero-order chi connectivity index (χ0) is 13.7. The van der Waals surface area contributed by atoms with Gasteiger partial charge in [0.2, 0.25) is 5.91 Å². The molecule has 110 valence electrons. The summed E-state index contributed by atoms with van der Waals surface area (Å²) in [5, 5.41) is 0. The van der Waals surface area contributed by atoms with E-state index in [-0.39, 0.29) is 0 Å². The van der Waals surface area contributed by atoms with Crippen LogP contribution in [-0.4, -0.2) is 67.7 Å². The van der Waals surface area contributed by atoms with Crippen LogP contribution in [0.4, 0.5) is 0 Å². The van der Waals surface area contributed by atoms with Gasteiger partial charge >= 0.3 is 0 Å². The molecule has 0 radical (unpaired) electrons. The molecular formula is C14H27N3O2. The SMILES string of the molecule is CCOC1CC(CC(=O)N2CCN(CCN)CC2)C1. The maximum atomic E-state index is 12.2. The molecule has 2 N–H and O–H groups in total. The molecule has 2 fully saturated rings. The zero-order valence-corrected chi connectivity index (χ0v) is 12.0. The highest BCUT2D eigenvalue weighted by atomic mass is 16.5. The van der Waals surface area contributed by atoms with Gasteiger partial charge in [-0.15, -0.1) is 0 Å². The average Bonchev–Trinajstić information content (AvgIpc) is 2.37. The van der Waals surface area contributed by atoms with Crippen LogP contribution in [0.5, 0.6) is 0 Å². The number of carbonyl (C=O) groups is 1. The first-order valence-corrected chi connectivity index (χ1v) is 7.54. The lowest BCUT2D eigenvalue weighted by Crippen LogP contribution is -2.50. The molecule has 0 spiro atoms. The number of ether oxygens (including phenoxy) is 1. The molecule has 19 heavy (non-hydrogen) atoms. The van der Waals surface area contributed by atoms with Gasteiger partial charge in [-0.05, 0) is 25.7 Å². The lowest BCUT2D eigenvalue weighted by Gasteiger charge is -2.38. The van der Waals surface area contributed by atoms with Crippen molar-refractivity contribution in [1.29, 1.82) is 0 Å². The van der Waals surface area contributed by atoms with Crippen LogP contribution in [0.15, 0.2) is 0 Å². The third-order valence-corrected chi connectivity index (χ3v) is 4.23. The van der Waals surface area contributed by atoms with Crippen LogP contribution in [-0.2, 0) is 9.53 Å². The third kappa shape index (κ3) is 4.16. The number of piperazine rings is 1. The fourth-order valence-corrected chi connectivity index (χ4v) is 2.99. The molecule has 0 unspecified atom stereocenters. The Hall–Kier alpha value is -0.650. The summed E-state index contributed by atoms with van der Waals surface area (Å²) in [7, 11) is 0. The normalized spacial score (nSPS) is 28.2. The molecule has 1 heterocycles. The van der Waals surface area contributed by atoms with Crippen LogP contribution < -0.4 is 5.73 Å². The highest BCUT2D eigenvalue weighted by Crippen LogP contribution is 2.33. The predicted molar refractivity (Wildman–Crippen MR) is 74.8 cm³/mol. The summed E-state index contributed by atoms with van der Waals surface area (Å²) >= 11 is 0. The van der Waals surface area contributed by atoms with Gasteiger partial charge in [-0.2, -0.15) is 0 Å². The minimum absolute atomic E-state index is 0.326. The van der Waals surface area contributed by atoms with Crippen molar-refractivity contribution in [2.75, 3.05) is 45.9 Å². The molecule has 0 aromatic heterocycles. The summed E-state index contributed by atoms with van der Waals surface area (Å²) in [6.45, 7) is 8.12. The van der Waals surface area contributed by atoms with Crippen molar-refractivity contribution < 1.29 is 9.53 Å². The molecule has 0 aromatic rings. The van der Waals surface area contributed by atoms with Gasteiger partial charge in [0.1, 0.15) is 0 Å². The third-order valence-electron chi connectivity index (χ3n) is 4.23. The Morgan fingerprint density at radius 3 is 2.53 bits per heavy atom. The van der Waals surface area contributed by atoms with Crippen molar-refractivity contribution in [2.24, 2.45) is 11.7 Å². The molecule has 1 aliphatic carbocycles. The van der Waals surface area contributed by atoms with E-state index in [0.717, 1.165) is 52.2 Å². The molecule has 2 rings (SSSR count). The van der Waals surface area contributed by atoms with Gasteiger partial charge in [-0.1, -0.05) is 0 Å². The number of hydrogen-bond donors (Lipinski definition) is 1. The fraction of sp³-hybridized carbons (Fsp3) is 0.929. The van der Waals surface area contributed by atoms with E-state index in [9.17, 15) is 4.79 Å². The van der Waals surface area contributed by atoms with E-state index in [2.05, 4.69) is 4.90 Å². The van der Waals surface area contributed by atoms with Gasteiger partial charge in [0.05, 0.1) is 6.10 Å². The Kier molecular flexibility index (Phi) is 5.60. The lowest BCUT2D eigenvalue weighted by molar-refractivity contribution is -0.136. The topological polar surface area (TPSA) is 58.8 Å². The van der Waals surface area contributed by atoms with Gasteiger partial charge in [-0.25, -0.2) is 0 Å². The van der Waals surface area contributed by atoms with E-state index in [1.54, 1.807) is 0 Å². The summed E-state index contributed by atoms with van der Waals surface area (Å²) < 4.78 is 5.53. The molecule has 5 nitrogen and oxygen atoms in total. The van der Waals surface area contributed by atoms with Crippen LogP contribution in [0.3, 0.4) is 0 Å². The highest BCUT2D eigenvalue weighted by Gasteiger charge is 2.32. The standard InChI is InChI=1S/C14H27N3O2/c1-2-19-13-9-12(10-13)11-14(18)17-7-5-16(4-3-15)6-8-17/h12-13H,2-11,15H2,1H3. The van der Waals surface area contributed by atoms with E-state index in [1.165, 1.54) is 0 Å². The molecule has 1 amide bonds. The molecule has 1 saturated heterocycles. The number of carbonyl (C=O) groups excluding carboxylic acids is 1. The van der Waals surface area contributed by atoms with Crippen molar-refractivity contribution in [3.63, 3.8) is 0 Å². The number of nitrogens with two attached hydrogens (primary N) is 1. The van der Waals surface area contributed by atoms with Crippen molar-refractivity contribution in [2.45, 2.75) is 32.3 Å². The first-order chi connectivity index (χ1) is 9.22. The monoisotopic (exact) mass is 269 g/mol. The van der Waals surface area contributed by atoms with E-state index in [4.69, 9.17) is 10.5 Å². The summed E-state index contributed by atoms with van der Waals surface area (Å²) in [6.07, 6.45) is 3.24. The van der Waals surface area contributed by atoms with Crippen molar-refractivity contribution in [3.05, 3.63) is 0 Å². The predicted octanol–water partition coefficient (Wildman–Crippen LogP) is 0.295. The van der Waals surface area contributed by atoms with Crippen molar-refractivity contribution >= 4 is 5.91 Å². The Bertz CT molecular complexity index is 284. The van der Waals surface area contributed by atoms with E-state index in [0.29, 0.717) is 30.9 Å². The number of hydrogen-bond acceptors (Lipinski definition) is 4. The lowest BCUT2D eigenvalue weighted by atomic mass is 9.79. The molecule has 5 heteroatoms. The Labute approximate surface area is 116 Å². The minimum atomic E-state index is 0.326. The number of nitrogens with zero attached hydrogens (tertiary/aromatic N) is 2. The van der Waals surface area contributed by atoms with E-state index >= 15 is 0 Å². The smallest absolute Gasteiger partial charge is 0.222 e. The molecule has 2 aliphatic rings. The van der Waals surface area contributed by atoms with Gasteiger partial charge in [0.15, 0.2) is 0 Å². The fourth-order valence-electron chi connectivity index (χ4n) is 2.99. The number of rotatable bonds is 6. The maximum Gasteiger partial charge on any atom is 0.222 e. The number of amides is 1. The second-order valence-corrected chi connectivity index (χ2v) is 5.63. The Morgan fingerprint density at radius 2 is 1.95 bits per heavy atom. The summed E-state index contributed by atoms with van der Waals surface area (Å²) in [6, 6.07) is 0. The molecule has 1 aliphatic heterocycles. The molecule has 0 bridgehead atoms. The zero-order valence-electron chi connectivity index (χ0n) is 12.0. The Morgan fingerprint density at radius 1 is 1.26 bits per heavy atom. The summed E-state index contributed by atoms with van der Waals surface area (Å²) in [4.78, 5) is 16.5. The van der Waals surface area contributed by atoms with Crippen LogP contribution >= 0.6 is 0 Å². The molecule has 0 atom stereocenters. The van der Waals surface area contributed by atoms with Gasteiger partial charge in [0.25, 0.3) is 0 Å². The molecular weight excluding hydrogens is 242 g/mol. The van der Waals surface area contributed by atoms with Gasteiger partial charge in [-0.3, -0.25) is 9.69 Å². The van der Waals surface area contributed by atoms with Gasteiger partial charge in [0, 0.05) is 52.3 Å². The van der Waals surface area contributed by atoms with Crippen LogP contribution in [0, 0.1) is 5.92 Å². The van der Waals surface area contributed by atoms with E-state index in [1.807, 2.05) is 11.8 Å². The quantitative estimate of drug-likeness (QED) is 0.753. The van der Waals surface area contributed by atoms with Gasteiger partial charge < -0.3 is 15.4 Å². The average molecular weight is 269 g/mol. The Balaban J connectivity index is 1.63. The first-order valence-electron chi connectivity index (χ1n) is 7.54. The van der Waals surface area contributed by atoms with Crippen molar-refractivity contribution in [1.82, 2.24) is 9.80 Å². The van der Waals surface area contributed by atoms with Crippen LogP contribution in [0.2, 0.25) is 0 Å². The molecule has 1 saturated carbocycles. The van der Waals surface area contributed by atoms with E-state index < -0.39 is 0 Å². The first kappa shape index (κ1) is 14.8. The second kappa shape index (κ2) is 7.22. The maximum absolute atomic E-state index is 12.2. The second-order valence-electron chi connectivity index (χ2n) is 5.63. The largest absolute Gasteiger partial charge is 0.378 e. The molecule has 0 aromatic carbocycles. The van der Waals surface area contributed by atoms with Crippen LogP contribution in [0.1, 0.15) is 26.2 Å².